The molecule has 1 heterocycles. The molecule has 2 rings (SSSR count). The van der Waals surface area contributed by atoms with Gasteiger partial charge in [0.2, 0.25) is 0 Å². The maximum absolute atomic E-state index is 4.63. The van der Waals surface area contributed by atoms with Crippen molar-refractivity contribution in [1.29, 1.82) is 0 Å². The van der Waals surface area contributed by atoms with Crippen molar-refractivity contribution in [3.8, 4) is 0 Å². The van der Waals surface area contributed by atoms with Crippen molar-refractivity contribution in [3.05, 3.63) is 0 Å². The lowest BCUT2D eigenvalue weighted by molar-refractivity contribution is 0.446. The van der Waals surface area contributed by atoms with Crippen LogP contribution < -0.4 is 5.32 Å². The highest BCUT2D eigenvalue weighted by atomic mass is 32.2. The van der Waals surface area contributed by atoms with E-state index in [-0.39, 0.29) is 5.54 Å². The molecule has 1 aliphatic heterocycles. The van der Waals surface area contributed by atoms with Crippen molar-refractivity contribution < 1.29 is 0 Å². The molecule has 0 bridgehead atoms. The molecule has 0 radical (unpaired) electrons. The Hall–Kier alpha value is -0.180. The SMILES string of the molecule is CC1(C)CCSC(=NCCC2CC2)N1. The molecular formula is C11H20N2S. The zero-order valence-corrected chi connectivity index (χ0v) is 9.99. The van der Waals surface area contributed by atoms with E-state index in [1.807, 2.05) is 11.8 Å². The Labute approximate surface area is 90.9 Å². The first-order valence-electron chi connectivity index (χ1n) is 5.61. The third-order valence-corrected chi connectivity index (χ3v) is 3.81. The summed E-state index contributed by atoms with van der Waals surface area (Å²) in [6.45, 7) is 5.53. The Kier molecular flexibility index (Phi) is 3.05. The van der Waals surface area contributed by atoms with Crippen molar-refractivity contribution in [2.45, 2.75) is 45.1 Å². The standard InChI is InChI=1S/C11H20N2S/c1-11(2)6-8-14-10(13-11)12-7-5-9-3-4-9/h9H,3-8H2,1-2H3,(H,12,13). The predicted octanol–water partition coefficient (Wildman–Crippen LogP) is 2.65. The number of hydrogen-bond donors (Lipinski definition) is 1. The van der Waals surface area contributed by atoms with Crippen LogP contribution in [-0.4, -0.2) is 23.0 Å². The maximum Gasteiger partial charge on any atom is 0.156 e. The third-order valence-electron chi connectivity index (χ3n) is 2.90. The summed E-state index contributed by atoms with van der Waals surface area (Å²) < 4.78 is 0. The van der Waals surface area contributed by atoms with Gasteiger partial charge in [0.1, 0.15) is 0 Å². The van der Waals surface area contributed by atoms with Crippen LogP contribution in [0.5, 0.6) is 0 Å². The average molecular weight is 212 g/mol. The fourth-order valence-electron chi connectivity index (χ4n) is 1.63. The molecule has 2 fully saturated rings. The Morgan fingerprint density at radius 2 is 2.29 bits per heavy atom. The zero-order chi connectivity index (χ0) is 10.0. The Balaban J connectivity index is 1.77. The molecule has 1 saturated heterocycles. The topological polar surface area (TPSA) is 24.4 Å². The van der Waals surface area contributed by atoms with E-state index in [0.29, 0.717) is 0 Å². The predicted molar refractivity (Wildman–Crippen MR) is 63.9 cm³/mol. The summed E-state index contributed by atoms with van der Waals surface area (Å²) in [7, 11) is 0. The fraction of sp³-hybridized carbons (Fsp3) is 0.909. The molecule has 2 aliphatic rings. The van der Waals surface area contributed by atoms with Crippen molar-refractivity contribution in [1.82, 2.24) is 5.32 Å². The summed E-state index contributed by atoms with van der Waals surface area (Å²) in [6.07, 6.45) is 5.42. The molecular weight excluding hydrogens is 192 g/mol. The largest absolute Gasteiger partial charge is 0.360 e. The molecule has 1 aliphatic carbocycles. The van der Waals surface area contributed by atoms with Crippen LogP contribution >= 0.6 is 11.8 Å². The van der Waals surface area contributed by atoms with Gasteiger partial charge in [0.25, 0.3) is 0 Å². The highest BCUT2D eigenvalue weighted by Gasteiger charge is 2.24. The minimum Gasteiger partial charge on any atom is -0.360 e. The van der Waals surface area contributed by atoms with Gasteiger partial charge in [-0.3, -0.25) is 4.99 Å². The van der Waals surface area contributed by atoms with Gasteiger partial charge >= 0.3 is 0 Å². The van der Waals surface area contributed by atoms with Crippen LogP contribution in [-0.2, 0) is 0 Å². The number of amidine groups is 1. The van der Waals surface area contributed by atoms with E-state index in [9.17, 15) is 0 Å². The molecule has 14 heavy (non-hydrogen) atoms. The van der Waals surface area contributed by atoms with E-state index in [0.717, 1.165) is 12.5 Å². The van der Waals surface area contributed by atoms with Gasteiger partial charge in [0.15, 0.2) is 5.17 Å². The van der Waals surface area contributed by atoms with E-state index in [1.54, 1.807) is 0 Å². The smallest absolute Gasteiger partial charge is 0.156 e. The zero-order valence-electron chi connectivity index (χ0n) is 9.18. The van der Waals surface area contributed by atoms with Crippen LogP contribution in [0.3, 0.4) is 0 Å². The molecule has 0 aromatic rings. The Morgan fingerprint density at radius 1 is 1.50 bits per heavy atom. The second kappa shape index (κ2) is 4.13. The first kappa shape index (κ1) is 10.3. The van der Waals surface area contributed by atoms with Crippen molar-refractivity contribution in [2.24, 2.45) is 10.9 Å². The van der Waals surface area contributed by atoms with Gasteiger partial charge in [-0.05, 0) is 32.6 Å². The number of nitrogens with zero attached hydrogens (tertiary/aromatic N) is 1. The van der Waals surface area contributed by atoms with Crippen LogP contribution in [0.1, 0.15) is 39.5 Å². The molecule has 0 atom stereocenters. The number of rotatable bonds is 3. The van der Waals surface area contributed by atoms with E-state index in [1.165, 1.54) is 36.6 Å². The first-order chi connectivity index (χ1) is 6.66. The van der Waals surface area contributed by atoms with Crippen molar-refractivity contribution in [3.63, 3.8) is 0 Å². The van der Waals surface area contributed by atoms with Gasteiger partial charge in [-0.1, -0.05) is 24.6 Å². The van der Waals surface area contributed by atoms with Gasteiger partial charge in [-0.25, -0.2) is 0 Å². The maximum atomic E-state index is 4.63. The molecule has 80 valence electrons. The number of aliphatic imine (C=N–C) groups is 1. The summed E-state index contributed by atoms with van der Waals surface area (Å²) in [6, 6.07) is 0. The summed E-state index contributed by atoms with van der Waals surface area (Å²) in [5.74, 6) is 2.21. The second-order valence-corrected chi connectivity index (χ2v) is 6.11. The molecule has 0 aromatic carbocycles. The monoisotopic (exact) mass is 212 g/mol. The molecule has 0 aromatic heterocycles. The lowest BCUT2D eigenvalue weighted by Crippen LogP contribution is -2.46. The molecule has 0 amide bonds. The molecule has 1 N–H and O–H groups in total. The number of nitrogens with one attached hydrogen (secondary N) is 1. The van der Waals surface area contributed by atoms with Gasteiger partial charge in [-0.2, -0.15) is 0 Å². The normalized spacial score (nSPS) is 28.9. The lowest BCUT2D eigenvalue weighted by Gasteiger charge is -2.32. The molecule has 0 spiro atoms. The van der Waals surface area contributed by atoms with Crippen LogP contribution in [0.25, 0.3) is 0 Å². The summed E-state index contributed by atoms with van der Waals surface area (Å²) >= 11 is 1.88. The average Bonchev–Trinajstić information content (AvgIpc) is 2.86. The van der Waals surface area contributed by atoms with E-state index in [4.69, 9.17) is 0 Å². The van der Waals surface area contributed by atoms with Gasteiger partial charge in [-0.15, -0.1) is 0 Å². The summed E-state index contributed by atoms with van der Waals surface area (Å²) in [5.41, 5.74) is 0.254. The van der Waals surface area contributed by atoms with Crippen molar-refractivity contribution >= 4 is 16.9 Å². The first-order valence-corrected chi connectivity index (χ1v) is 6.60. The third kappa shape index (κ3) is 3.19. The van der Waals surface area contributed by atoms with Crippen molar-refractivity contribution in [2.75, 3.05) is 12.3 Å². The number of hydrogen-bond acceptors (Lipinski definition) is 2. The minimum absolute atomic E-state index is 0.254. The number of thioether (sulfide) groups is 1. The molecule has 0 unspecified atom stereocenters. The van der Waals surface area contributed by atoms with Crippen LogP contribution in [0, 0.1) is 5.92 Å². The summed E-state index contributed by atoms with van der Waals surface area (Å²) in [5, 5.41) is 4.67. The second-order valence-electron chi connectivity index (χ2n) is 5.03. The quantitative estimate of drug-likeness (QED) is 0.778. The summed E-state index contributed by atoms with van der Waals surface area (Å²) in [4.78, 5) is 4.63. The lowest BCUT2D eigenvalue weighted by atomic mass is 10.0. The highest BCUT2D eigenvalue weighted by molar-refractivity contribution is 8.13. The highest BCUT2D eigenvalue weighted by Crippen LogP contribution is 2.32. The van der Waals surface area contributed by atoms with Crippen LogP contribution in [0.4, 0.5) is 0 Å². The molecule has 1 saturated carbocycles. The van der Waals surface area contributed by atoms with E-state index < -0.39 is 0 Å². The van der Waals surface area contributed by atoms with Crippen LogP contribution in [0.15, 0.2) is 4.99 Å². The minimum atomic E-state index is 0.254. The van der Waals surface area contributed by atoms with Gasteiger partial charge < -0.3 is 5.32 Å². The molecule has 2 nitrogen and oxygen atoms in total. The Bertz CT molecular complexity index is 231. The molecule has 3 heteroatoms. The Morgan fingerprint density at radius 3 is 2.93 bits per heavy atom. The fourth-order valence-corrected chi connectivity index (χ4v) is 2.97. The van der Waals surface area contributed by atoms with E-state index in [2.05, 4.69) is 24.2 Å². The van der Waals surface area contributed by atoms with Crippen LogP contribution in [0.2, 0.25) is 0 Å². The van der Waals surface area contributed by atoms with E-state index >= 15 is 0 Å². The van der Waals surface area contributed by atoms with Gasteiger partial charge in [0, 0.05) is 17.8 Å². The van der Waals surface area contributed by atoms with Gasteiger partial charge in [0.05, 0.1) is 0 Å².